The van der Waals surface area contributed by atoms with Crippen LogP contribution in [0, 0.1) is 0 Å². The van der Waals surface area contributed by atoms with Crippen molar-refractivity contribution in [1.29, 1.82) is 0 Å². The molecule has 0 aromatic heterocycles. The van der Waals surface area contributed by atoms with Gasteiger partial charge in [0.15, 0.2) is 0 Å². The number of anilines is 1. The molecular weight excluding hydrogens is 236 g/mol. The largest absolute Gasteiger partial charge is 0.502 e. The predicted octanol–water partition coefficient (Wildman–Crippen LogP) is 3.17. The monoisotopic (exact) mass is 262 g/mol. The number of rotatable bonds is 10. The first kappa shape index (κ1) is 15.6. The molecule has 0 aliphatic carbocycles. The van der Waals surface area contributed by atoms with Crippen LogP contribution in [0.15, 0.2) is 37.1 Å². The van der Waals surface area contributed by atoms with Crippen LogP contribution in [-0.2, 0) is 11.3 Å². The molecule has 1 rings (SSSR count). The third kappa shape index (κ3) is 5.79. The van der Waals surface area contributed by atoms with E-state index in [-0.39, 0.29) is 0 Å². The summed E-state index contributed by atoms with van der Waals surface area (Å²) in [5.74, 6) is 0. The molecule has 0 spiro atoms. The highest BCUT2D eigenvalue weighted by molar-refractivity contribution is 5.47. The molecule has 0 heterocycles. The molecule has 0 saturated carbocycles. The van der Waals surface area contributed by atoms with Crippen molar-refractivity contribution in [3.05, 3.63) is 42.7 Å². The third-order valence-corrected chi connectivity index (χ3v) is 3.13. The number of hydrogen-bond donors (Lipinski definition) is 1. The summed E-state index contributed by atoms with van der Waals surface area (Å²) in [6.45, 7) is 12.6. The zero-order valence-corrected chi connectivity index (χ0v) is 12.2. The van der Waals surface area contributed by atoms with Crippen LogP contribution in [0.25, 0.3) is 0 Å². The molecule has 0 unspecified atom stereocenters. The Kier molecular flexibility index (Phi) is 7.75. The van der Waals surface area contributed by atoms with Crippen LogP contribution in [0.5, 0.6) is 0 Å². The van der Waals surface area contributed by atoms with Crippen molar-refractivity contribution in [3.8, 4) is 0 Å². The number of nitrogens with one attached hydrogen (secondary N) is 1. The molecule has 1 aromatic carbocycles. The van der Waals surface area contributed by atoms with Crippen LogP contribution in [0.3, 0.4) is 0 Å². The molecule has 3 heteroatoms. The second-order valence-electron chi connectivity index (χ2n) is 4.41. The molecule has 1 N–H and O–H groups in total. The first-order valence-electron chi connectivity index (χ1n) is 7.08. The van der Waals surface area contributed by atoms with Crippen molar-refractivity contribution in [2.45, 2.75) is 26.8 Å². The Morgan fingerprint density at radius 3 is 2.47 bits per heavy atom. The predicted molar refractivity (Wildman–Crippen MR) is 82.5 cm³/mol. The minimum Gasteiger partial charge on any atom is -0.502 e. The van der Waals surface area contributed by atoms with E-state index in [1.165, 1.54) is 17.5 Å². The lowest BCUT2D eigenvalue weighted by molar-refractivity contribution is 0.244. The standard InChI is InChI=1S/C16H26N2O/c1-4-18(5-2)16-10-8-15(9-11-16)14-17-12-7-13-19-6-3/h6,8-11,17H,3-5,7,12-14H2,1-2H3. The van der Waals surface area contributed by atoms with Crippen molar-refractivity contribution in [1.82, 2.24) is 5.32 Å². The molecule has 0 atom stereocenters. The fraction of sp³-hybridized carbons (Fsp3) is 0.500. The lowest BCUT2D eigenvalue weighted by atomic mass is 10.2. The van der Waals surface area contributed by atoms with Crippen molar-refractivity contribution < 1.29 is 4.74 Å². The summed E-state index contributed by atoms with van der Waals surface area (Å²) in [4.78, 5) is 2.35. The van der Waals surface area contributed by atoms with Crippen LogP contribution in [0.1, 0.15) is 25.8 Å². The molecule has 0 aliphatic heterocycles. The molecule has 0 bridgehead atoms. The van der Waals surface area contributed by atoms with Gasteiger partial charge in [-0.05, 0) is 44.5 Å². The number of hydrogen-bond acceptors (Lipinski definition) is 3. The maximum absolute atomic E-state index is 5.07. The van der Waals surface area contributed by atoms with Crippen molar-refractivity contribution in [3.63, 3.8) is 0 Å². The normalized spacial score (nSPS) is 10.2. The summed E-state index contributed by atoms with van der Waals surface area (Å²) in [5.41, 5.74) is 2.62. The van der Waals surface area contributed by atoms with Gasteiger partial charge in [0.25, 0.3) is 0 Å². The first-order valence-corrected chi connectivity index (χ1v) is 7.08. The third-order valence-electron chi connectivity index (χ3n) is 3.13. The van der Waals surface area contributed by atoms with Gasteiger partial charge in [0.2, 0.25) is 0 Å². The Morgan fingerprint density at radius 2 is 1.89 bits per heavy atom. The number of ether oxygens (including phenoxy) is 1. The van der Waals surface area contributed by atoms with E-state index >= 15 is 0 Å². The molecule has 3 nitrogen and oxygen atoms in total. The molecule has 0 aliphatic rings. The van der Waals surface area contributed by atoms with Gasteiger partial charge in [0.1, 0.15) is 0 Å². The SMILES string of the molecule is C=COCCCNCc1ccc(N(CC)CC)cc1. The molecular formula is C16H26N2O. The van der Waals surface area contributed by atoms with Crippen LogP contribution < -0.4 is 10.2 Å². The summed E-state index contributed by atoms with van der Waals surface area (Å²) in [7, 11) is 0. The number of benzene rings is 1. The van der Waals surface area contributed by atoms with Crippen LogP contribution in [-0.4, -0.2) is 26.2 Å². The van der Waals surface area contributed by atoms with E-state index < -0.39 is 0 Å². The van der Waals surface area contributed by atoms with E-state index in [0.29, 0.717) is 0 Å². The topological polar surface area (TPSA) is 24.5 Å². The maximum Gasteiger partial charge on any atom is 0.0885 e. The van der Waals surface area contributed by atoms with Gasteiger partial charge in [0, 0.05) is 25.3 Å². The Bertz CT molecular complexity index is 344. The second kappa shape index (κ2) is 9.45. The van der Waals surface area contributed by atoms with E-state index in [2.05, 4.69) is 54.9 Å². The Morgan fingerprint density at radius 1 is 1.21 bits per heavy atom. The summed E-state index contributed by atoms with van der Waals surface area (Å²) >= 11 is 0. The molecule has 0 amide bonds. The smallest absolute Gasteiger partial charge is 0.0885 e. The summed E-state index contributed by atoms with van der Waals surface area (Å²) in [5, 5.41) is 3.41. The fourth-order valence-electron chi connectivity index (χ4n) is 2.01. The van der Waals surface area contributed by atoms with Gasteiger partial charge < -0.3 is 15.0 Å². The quantitative estimate of drug-likeness (QED) is 0.518. The van der Waals surface area contributed by atoms with Gasteiger partial charge in [-0.25, -0.2) is 0 Å². The van der Waals surface area contributed by atoms with Gasteiger partial charge in [0.05, 0.1) is 12.9 Å². The first-order chi connectivity index (χ1) is 9.31. The Balaban J connectivity index is 2.30. The highest BCUT2D eigenvalue weighted by Crippen LogP contribution is 2.14. The van der Waals surface area contributed by atoms with E-state index in [0.717, 1.165) is 39.2 Å². The van der Waals surface area contributed by atoms with Gasteiger partial charge >= 0.3 is 0 Å². The maximum atomic E-state index is 5.07. The van der Waals surface area contributed by atoms with Crippen LogP contribution in [0.2, 0.25) is 0 Å². The van der Waals surface area contributed by atoms with E-state index in [1.807, 2.05) is 0 Å². The molecule has 0 radical (unpaired) electrons. The van der Waals surface area contributed by atoms with Gasteiger partial charge in [-0.3, -0.25) is 0 Å². The van der Waals surface area contributed by atoms with Crippen LogP contribution >= 0.6 is 0 Å². The summed E-state index contributed by atoms with van der Waals surface area (Å²) in [6, 6.07) is 8.79. The zero-order chi connectivity index (χ0) is 13.9. The average Bonchev–Trinajstić information content (AvgIpc) is 2.45. The Labute approximate surface area is 117 Å². The van der Waals surface area contributed by atoms with Gasteiger partial charge in [-0.15, -0.1) is 0 Å². The molecule has 0 fully saturated rings. The molecule has 106 valence electrons. The van der Waals surface area contributed by atoms with Gasteiger partial charge in [-0.1, -0.05) is 18.7 Å². The summed E-state index contributed by atoms with van der Waals surface area (Å²) < 4.78 is 5.07. The molecule has 1 aromatic rings. The lowest BCUT2D eigenvalue weighted by Gasteiger charge is -2.21. The average molecular weight is 262 g/mol. The Hall–Kier alpha value is -1.48. The second-order valence-corrected chi connectivity index (χ2v) is 4.41. The fourth-order valence-corrected chi connectivity index (χ4v) is 2.01. The van der Waals surface area contributed by atoms with E-state index in [9.17, 15) is 0 Å². The lowest BCUT2D eigenvalue weighted by Crippen LogP contribution is -2.21. The van der Waals surface area contributed by atoms with Crippen LogP contribution in [0.4, 0.5) is 5.69 Å². The van der Waals surface area contributed by atoms with E-state index in [1.54, 1.807) is 0 Å². The minimum absolute atomic E-state index is 0.734. The van der Waals surface area contributed by atoms with Crippen molar-refractivity contribution in [2.24, 2.45) is 0 Å². The van der Waals surface area contributed by atoms with E-state index in [4.69, 9.17) is 4.74 Å². The van der Waals surface area contributed by atoms with Crippen molar-refractivity contribution >= 4 is 5.69 Å². The number of nitrogens with zero attached hydrogens (tertiary/aromatic N) is 1. The highest BCUT2D eigenvalue weighted by Gasteiger charge is 2.00. The highest BCUT2D eigenvalue weighted by atomic mass is 16.5. The van der Waals surface area contributed by atoms with Gasteiger partial charge in [-0.2, -0.15) is 0 Å². The minimum atomic E-state index is 0.734. The molecule has 19 heavy (non-hydrogen) atoms. The van der Waals surface area contributed by atoms with Crippen molar-refractivity contribution in [2.75, 3.05) is 31.1 Å². The summed E-state index contributed by atoms with van der Waals surface area (Å²) in [6.07, 6.45) is 2.50. The zero-order valence-electron chi connectivity index (χ0n) is 12.2. The molecule has 0 saturated heterocycles.